The summed E-state index contributed by atoms with van der Waals surface area (Å²) in [7, 11) is 0. The normalized spacial score (nSPS) is 15.3. The minimum Gasteiger partial charge on any atom is -0.508 e. The van der Waals surface area contributed by atoms with Crippen LogP contribution in [0, 0.1) is 0 Å². The highest BCUT2D eigenvalue weighted by Crippen LogP contribution is 2.51. The maximum Gasteiger partial charge on any atom is 0.120 e. The van der Waals surface area contributed by atoms with Gasteiger partial charge in [-0.25, -0.2) is 0 Å². The molecule has 1 aliphatic carbocycles. The van der Waals surface area contributed by atoms with Gasteiger partial charge in [-0.05, 0) is 39.1 Å². The molecule has 1 N–H and O–H groups in total. The van der Waals surface area contributed by atoms with Gasteiger partial charge in [-0.2, -0.15) is 0 Å². The van der Waals surface area contributed by atoms with E-state index in [1.54, 1.807) is 0 Å². The van der Waals surface area contributed by atoms with Crippen LogP contribution in [-0.4, -0.2) is 5.11 Å². The minimum absolute atomic E-state index is 0.0246. The second kappa shape index (κ2) is 5.72. The molecule has 1 aliphatic rings. The number of phenolic OH excluding ortho intramolecular Hbond substituents is 1. The summed E-state index contributed by atoms with van der Waals surface area (Å²) in [5.41, 5.74) is 6.18. The molecule has 27 heavy (non-hydrogen) atoms. The van der Waals surface area contributed by atoms with Gasteiger partial charge in [-0.15, -0.1) is 0 Å². The van der Waals surface area contributed by atoms with Crippen LogP contribution >= 0.6 is 0 Å². The second-order valence-corrected chi connectivity index (χ2v) is 7.95. The summed E-state index contributed by atoms with van der Waals surface area (Å²) in [4.78, 5) is 0. The molecule has 0 atom stereocenters. The number of hydrogen-bond donors (Lipinski definition) is 1. The lowest BCUT2D eigenvalue weighted by atomic mass is 9.63. The molecule has 4 aromatic carbocycles. The quantitative estimate of drug-likeness (QED) is 0.423. The topological polar surface area (TPSA) is 20.2 Å². The van der Waals surface area contributed by atoms with Gasteiger partial charge in [0.05, 0.1) is 0 Å². The van der Waals surface area contributed by atoms with Crippen LogP contribution in [-0.2, 0) is 5.41 Å². The predicted molar refractivity (Wildman–Crippen MR) is 112 cm³/mol. The van der Waals surface area contributed by atoms with E-state index in [4.69, 9.17) is 0 Å². The van der Waals surface area contributed by atoms with Gasteiger partial charge in [0, 0.05) is 16.9 Å². The lowest BCUT2D eigenvalue weighted by molar-refractivity contribution is 0.467. The van der Waals surface area contributed by atoms with E-state index in [9.17, 15) is 5.11 Å². The van der Waals surface area contributed by atoms with Crippen molar-refractivity contribution in [3.63, 3.8) is 0 Å². The zero-order chi connectivity index (χ0) is 18.6. The van der Waals surface area contributed by atoms with Crippen molar-refractivity contribution in [2.75, 3.05) is 0 Å². The summed E-state index contributed by atoms with van der Waals surface area (Å²) in [5.74, 6) is 0.388. The molecule has 0 amide bonds. The lowest BCUT2D eigenvalue weighted by Crippen LogP contribution is -2.29. The molecule has 0 radical (unpaired) electrons. The van der Waals surface area contributed by atoms with E-state index >= 15 is 0 Å². The second-order valence-electron chi connectivity index (χ2n) is 7.95. The first-order valence-corrected chi connectivity index (χ1v) is 9.48. The molecule has 1 heteroatoms. The Labute approximate surface area is 159 Å². The van der Waals surface area contributed by atoms with Crippen LogP contribution in [0.25, 0.3) is 10.8 Å². The van der Waals surface area contributed by atoms with Crippen molar-refractivity contribution >= 4 is 10.8 Å². The van der Waals surface area contributed by atoms with Gasteiger partial charge in [0.25, 0.3) is 0 Å². The molecule has 0 aromatic heterocycles. The van der Waals surface area contributed by atoms with E-state index < -0.39 is 0 Å². The Morgan fingerprint density at radius 1 is 0.667 bits per heavy atom. The maximum atomic E-state index is 10.9. The first-order chi connectivity index (χ1) is 13.1. The summed E-state index contributed by atoms with van der Waals surface area (Å²) in [6.07, 6.45) is 0. The van der Waals surface area contributed by atoms with Gasteiger partial charge in [-0.1, -0.05) is 92.7 Å². The Morgan fingerprint density at radius 3 is 1.89 bits per heavy atom. The third-order valence-corrected chi connectivity index (χ3v) is 6.13. The molecular weight excluding hydrogens is 328 g/mol. The number of aromatic hydroxyl groups is 1. The van der Waals surface area contributed by atoms with Crippen molar-refractivity contribution in [2.45, 2.75) is 25.2 Å². The molecule has 0 aliphatic heterocycles. The van der Waals surface area contributed by atoms with Crippen LogP contribution in [0.5, 0.6) is 5.75 Å². The van der Waals surface area contributed by atoms with Crippen LogP contribution in [0.15, 0.2) is 84.9 Å². The summed E-state index contributed by atoms with van der Waals surface area (Å²) >= 11 is 0. The van der Waals surface area contributed by atoms with E-state index in [2.05, 4.69) is 86.6 Å². The van der Waals surface area contributed by atoms with Gasteiger partial charge in [0.15, 0.2) is 0 Å². The summed E-state index contributed by atoms with van der Waals surface area (Å²) in [6.45, 7) is 4.59. The van der Waals surface area contributed by atoms with Crippen LogP contribution in [0.4, 0.5) is 0 Å². The number of hydrogen-bond acceptors (Lipinski definition) is 1. The van der Waals surface area contributed by atoms with Gasteiger partial charge in [0.1, 0.15) is 5.75 Å². The highest BCUT2D eigenvalue weighted by molar-refractivity contribution is 5.89. The Balaban J connectivity index is 1.92. The highest BCUT2D eigenvalue weighted by Gasteiger charge is 2.38. The van der Waals surface area contributed by atoms with Gasteiger partial charge in [-0.3, -0.25) is 0 Å². The molecule has 0 saturated heterocycles. The summed E-state index contributed by atoms with van der Waals surface area (Å²) < 4.78 is 0. The molecule has 0 saturated carbocycles. The molecular formula is C26H22O. The van der Waals surface area contributed by atoms with Crippen molar-refractivity contribution in [1.82, 2.24) is 0 Å². The lowest BCUT2D eigenvalue weighted by Gasteiger charge is -2.40. The first-order valence-electron chi connectivity index (χ1n) is 9.48. The molecule has 0 heterocycles. The largest absolute Gasteiger partial charge is 0.508 e. The average Bonchev–Trinajstić information content (AvgIpc) is 2.70. The summed E-state index contributed by atoms with van der Waals surface area (Å²) in [5, 5.41) is 13.2. The van der Waals surface area contributed by atoms with E-state index in [-0.39, 0.29) is 11.3 Å². The molecule has 5 rings (SSSR count). The fourth-order valence-corrected chi connectivity index (χ4v) is 4.85. The SMILES string of the molecule is CC1(C)c2ccccc2C(c2c(O)ccc3ccccc23)c2ccccc21. The van der Waals surface area contributed by atoms with E-state index in [1.165, 1.54) is 22.3 Å². The Hall–Kier alpha value is -3.06. The van der Waals surface area contributed by atoms with Crippen LogP contribution < -0.4 is 0 Å². The van der Waals surface area contributed by atoms with E-state index in [1.807, 2.05) is 12.1 Å². The highest BCUT2D eigenvalue weighted by atomic mass is 16.3. The molecule has 4 aromatic rings. The Morgan fingerprint density at radius 2 is 1.22 bits per heavy atom. The number of benzene rings is 4. The first kappa shape index (κ1) is 16.1. The molecule has 132 valence electrons. The molecule has 0 bridgehead atoms. The van der Waals surface area contributed by atoms with Crippen LogP contribution in [0.1, 0.15) is 47.6 Å². The van der Waals surface area contributed by atoms with Gasteiger partial charge < -0.3 is 5.11 Å². The number of fused-ring (bicyclic) bond motifs is 3. The van der Waals surface area contributed by atoms with E-state index in [0.717, 1.165) is 16.3 Å². The predicted octanol–water partition coefficient (Wildman–Crippen LogP) is 6.36. The third kappa shape index (κ3) is 2.24. The number of phenols is 1. The minimum atomic E-state index is -0.0656. The van der Waals surface area contributed by atoms with Crippen LogP contribution in [0.3, 0.4) is 0 Å². The van der Waals surface area contributed by atoms with Crippen molar-refractivity contribution < 1.29 is 5.11 Å². The van der Waals surface area contributed by atoms with Gasteiger partial charge in [0.2, 0.25) is 0 Å². The molecule has 0 unspecified atom stereocenters. The Kier molecular flexibility index (Phi) is 3.42. The fraction of sp³-hybridized carbons (Fsp3) is 0.154. The maximum absolute atomic E-state index is 10.9. The van der Waals surface area contributed by atoms with E-state index in [0.29, 0.717) is 5.75 Å². The molecule has 0 fully saturated rings. The average molecular weight is 350 g/mol. The Bertz CT molecular complexity index is 1120. The van der Waals surface area contributed by atoms with Crippen molar-refractivity contribution in [3.05, 3.63) is 113 Å². The van der Waals surface area contributed by atoms with Crippen molar-refractivity contribution in [3.8, 4) is 5.75 Å². The number of rotatable bonds is 1. The van der Waals surface area contributed by atoms with Crippen LogP contribution in [0.2, 0.25) is 0 Å². The molecule has 1 nitrogen and oxygen atoms in total. The smallest absolute Gasteiger partial charge is 0.120 e. The van der Waals surface area contributed by atoms with Crippen molar-refractivity contribution in [2.24, 2.45) is 0 Å². The van der Waals surface area contributed by atoms with Crippen molar-refractivity contribution in [1.29, 1.82) is 0 Å². The standard InChI is InChI=1S/C26H22O/c1-26(2)21-13-7-5-11-19(21)24(20-12-6-8-14-22(20)26)25-18-10-4-3-9-17(18)15-16-23(25)27/h3-16,24,27H,1-2H3. The summed E-state index contributed by atoms with van der Waals surface area (Å²) in [6, 6.07) is 29.5. The zero-order valence-electron chi connectivity index (χ0n) is 15.6. The zero-order valence-corrected chi connectivity index (χ0v) is 15.6. The molecule has 0 spiro atoms. The monoisotopic (exact) mass is 350 g/mol. The third-order valence-electron chi connectivity index (χ3n) is 6.13. The van der Waals surface area contributed by atoms with Gasteiger partial charge >= 0.3 is 0 Å². The fourth-order valence-electron chi connectivity index (χ4n) is 4.85.